The van der Waals surface area contributed by atoms with Crippen LogP contribution in [0.25, 0.3) is 0 Å². The lowest BCUT2D eigenvalue weighted by Crippen LogP contribution is -2.21. The quantitative estimate of drug-likeness (QED) is 0.558. The van der Waals surface area contributed by atoms with Gasteiger partial charge in [0.25, 0.3) is 0 Å². The van der Waals surface area contributed by atoms with E-state index in [1.165, 1.54) is 24.3 Å². The molecule has 0 unspecified atom stereocenters. The first-order chi connectivity index (χ1) is 14.5. The molecule has 1 atom stereocenters. The van der Waals surface area contributed by atoms with Crippen molar-refractivity contribution in [3.8, 4) is 23.3 Å². The molecule has 1 aliphatic rings. The van der Waals surface area contributed by atoms with Gasteiger partial charge in [0.1, 0.15) is 41.3 Å². The second-order valence-electron chi connectivity index (χ2n) is 6.76. The molecule has 3 aromatic rings. The first kappa shape index (κ1) is 19.8. The van der Waals surface area contributed by atoms with Gasteiger partial charge in [-0.15, -0.1) is 0 Å². The summed E-state index contributed by atoms with van der Waals surface area (Å²) in [6.45, 7) is 0.214. The largest absolute Gasteiger partial charge is 0.508 e. The Morgan fingerprint density at radius 1 is 1.17 bits per heavy atom. The molecule has 0 bridgehead atoms. The Hall–Kier alpha value is -3.50. The number of halogens is 2. The predicted octanol–water partition coefficient (Wildman–Crippen LogP) is 5.09. The van der Waals surface area contributed by atoms with E-state index in [-0.39, 0.29) is 29.6 Å². The Labute approximate surface area is 180 Å². The fraction of sp³-hybridized carbons (Fsp3) is 0.0870. The van der Waals surface area contributed by atoms with Crippen molar-refractivity contribution in [3.63, 3.8) is 0 Å². The van der Waals surface area contributed by atoms with Crippen LogP contribution >= 0.6 is 15.9 Å². The summed E-state index contributed by atoms with van der Waals surface area (Å²) in [5.41, 5.74) is 8.48. The number of nitriles is 1. The summed E-state index contributed by atoms with van der Waals surface area (Å²) < 4.78 is 25.4. The molecule has 0 aromatic heterocycles. The lowest BCUT2D eigenvalue weighted by Gasteiger charge is -2.26. The molecule has 7 heteroatoms. The molecule has 0 amide bonds. The van der Waals surface area contributed by atoms with Crippen molar-refractivity contribution in [2.24, 2.45) is 5.73 Å². The van der Waals surface area contributed by atoms with Gasteiger partial charge in [0, 0.05) is 11.6 Å². The molecule has 4 rings (SSSR count). The van der Waals surface area contributed by atoms with Crippen molar-refractivity contribution < 1.29 is 19.0 Å². The highest BCUT2D eigenvalue weighted by Gasteiger charge is 2.31. The van der Waals surface area contributed by atoms with Crippen LogP contribution in [0.2, 0.25) is 0 Å². The number of allylic oxidation sites excluding steroid dienone is 1. The number of aromatic hydroxyl groups is 1. The summed E-state index contributed by atoms with van der Waals surface area (Å²) in [6, 6.07) is 18.5. The van der Waals surface area contributed by atoms with E-state index in [0.717, 1.165) is 11.1 Å². The third-order valence-corrected chi connectivity index (χ3v) is 5.39. The number of nitrogens with two attached hydrogens (primary N) is 1. The smallest absolute Gasteiger partial charge is 0.205 e. The average molecular weight is 467 g/mol. The molecule has 3 N–H and O–H groups in total. The van der Waals surface area contributed by atoms with Gasteiger partial charge in [-0.1, -0.05) is 24.3 Å². The zero-order valence-corrected chi connectivity index (χ0v) is 17.2. The van der Waals surface area contributed by atoms with Gasteiger partial charge in [-0.3, -0.25) is 0 Å². The zero-order chi connectivity index (χ0) is 21.3. The Morgan fingerprint density at radius 2 is 2.00 bits per heavy atom. The van der Waals surface area contributed by atoms with E-state index in [9.17, 15) is 14.8 Å². The molecule has 0 fully saturated rings. The summed E-state index contributed by atoms with van der Waals surface area (Å²) >= 11 is 3.51. The number of rotatable bonds is 4. The Morgan fingerprint density at radius 3 is 2.73 bits per heavy atom. The fourth-order valence-corrected chi connectivity index (χ4v) is 3.90. The highest BCUT2D eigenvalue weighted by molar-refractivity contribution is 9.10. The van der Waals surface area contributed by atoms with Crippen molar-refractivity contribution in [3.05, 3.63) is 99.1 Å². The molecular weight excluding hydrogens is 451 g/mol. The van der Waals surface area contributed by atoms with Gasteiger partial charge in [-0.05, 0) is 57.4 Å². The molecule has 0 radical (unpaired) electrons. The van der Waals surface area contributed by atoms with Crippen LogP contribution in [0, 0.1) is 17.1 Å². The topological polar surface area (TPSA) is 88.5 Å². The normalized spacial score (nSPS) is 15.2. The maximum Gasteiger partial charge on any atom is 0.205 e. The van der Waals surface area contributed by atoms with Crippen LogP contribution in [0.1, 0.15) is 22.6 Å². The molecular formula is C23H16BrFN2O3. The first-order valence-corrected chi connectivity index (χ1v) is 9.82. The van der Waals surface area contributed by atoms with Gasteiger partial charge in [-0.25, -0.2) is 4.39 Å². The van der Waals surface area contributed by atoms with Gasteiger partial charge in [0.05, 0.1) is 10.4 Å². The van der Waals surface area contributed by atoms with Gasteiger partial charge >= 0.3 is 0 Å². The predicted molar refractivity (Wildman–Crippen MR) is 112 cm³/mol. The van der Waals surface area contributed by atoms with E-state index in [1.807, 2.05) is 12.1 Å². The summed E-state index contributed by atoms with van der Waals surface area (Å²) in [5.74, 6) is 0.262. The van der Waals surface area contributed by atoms with Crippen LogP contribution in [-0.4, -0.2) is 5.11 Å². The lowest BCUT2D eigenvalue weighted by molar-refractivity contribution is 0.303. The van der Waals surface area contributed by atoms with Crippen molar-refractivity contribution in [2.75, 3.05) is 0 Å². The number of benzene rings is 3. The van der Waals surface area contributed by atoms with Crippen molar-refractivity contribution in [2.45, 2.75) is 12.5 Å². The van der Waals surface area contributed by atoms with Crippen LogP contribution in [-0.2, 0) is 6.61 Å². The van der Waals surface area contributed by atoms with Crippen molar-refractivity contribution in [1.82, 2.24) is 0 Å². The molecule has 3 aromatic carbocycles. The minimum absolute atomic E-state index is 0.00292. The Balaban J connectivity index is 1.66. The molecule has 1 heterocycles. The maximum absolute atomic E-state index is 13.3. The number of hydrogen-bond donors (Lipinski definition) is 2. The van der Waals surface area contributed by atoms with Crippen LogP contribution in [0.4, 0.5) is 4.39 Å². The molecule has 0 saturated heterocycles. The third kappa shape index (κ3) is 3.82. The van der Waals surface area contributed by atoms with Gasteiger partial charge in [0.15, 0.2) is 0 Å². The van der Waals surface area contributed by atoms with E-state index in [1.54, 1.807) is 24.3 Å². The van der Waals surface area contributed by atoms with Crippen molar-refractivity contribution in [1.29, 1.82) is 5.26 Å². The third-order valence-electron chi connectivity index (χ3n) is 4.78. The second kappa shape index (κ2) is 8.09. The van der Waals surface area contributed by atoms with Gasteiger partial charge in [-0.2, -0.15) is 5.26 Å². The summed E-state index contributed by atoms with van der Waals surface area (Å²) in [7, 11) is 0. The maximum atomic E-state index is 13.3. The monoisotopic (exact) mass is 466 g/mol. The summed E-state index contributed by atoms with van der Waals surface area (Å²) in [6.07, 6.45) is 0. The van der Waals surface area contributed by atoms with E-state index in [4.69, 9.17) is 15.2 Å². The molecule has 0 saturated carbocycles. The number of ether oxygens (including phenoxy) is 2. The Kier molecular flexibility index (Phi) is 5.34. The lowest BCUT2D eigenvalue weighted by atomic mass is 9.83. The molecule has 0 spiro atoms. The highest BCUT2D eigenvalue weighted by Crippen LogP contribution is 2.44. The van der Waals surface area contributed by atoms with Crippen LogP contribution in [0.5, 0.6) is 17.2 Å². The number of hydrogen-bond acceptors (Lipinski definition) is 5. The average Bonchev–Trinajstić information content (AvgIpc) is 2.71. The molecule has 0 aliphatic carbocycles. The molecule has 30 heavy (non-hydrogen) atoms. The number of phenols is 1. The standard InChI is InChI=1S/C23H16BrFN2O3/c24-19-9-14(4-7-20(19)29-12-13-2-1-3-15(25)8-13)22-17-6-5-16(28)10-21(17)30-23(27)18(22)11-26/h1-10,22,28H,12,27H2/t22-/m0/s1. The molecule has 150 valence electrons. The minimum Gasteiger partial charge on any atom is -0.508 e. The first-order valence-electron chi connectivity index (χ1n) is 9.03. The highest BCUT2D eigenvalue weighted by atomic mass is 79.9. The SMILES string of the molecule is N#CC1=C(N)Oc2cc(O)ccc2[C@@H]1c1ccc(OCc2cccc(F)c2)c(Br)c1. The number of phenolic OH excluding ortho intramolecular Hbond substituents is 1. The Bertz CT molecular complexity index is 1200. The number of fused-ring (bicyclic) bond motifs is 1. The zero-order valence-electron chi connectivity index (χ0n) is 15.6. The van der Waals surface area contributed by atoms with Crippen LogP contribution in [0.15, 0.2) is 76.6 Å². The van der Waals surface area contributed by atoms with Crippen LogP contribution < -0.4 is 15.2 Å². The van der Waals surface area contributed by atoms with Crippen LogP contribution in [0.3, 0.4) is 0 Å². The molecule has 5 nitrogen and oxygen atoms in total. The number of nitrogens with zero attached hydrogens (tertiary/aromatic N) is 1. The van der Waals surface area contributed by atoms with Crippen molar-refractivity contribution >= 4 is 15.9 Å². The van der Waals surface area contributed by atoms with E-state index in [2.05, 4.69) is 22.0 Å². The van der Waals surface area contributed by atoms with E-state index < -0.39 is 5.92 Å². The van der Waals surface area contributed by atoms with E-state index in [0.29, 0.717) is 21.5 Å². The van der Waals surface area contributed by atoms with E-state index >= 15 is 0 Å². The molecule has 1 aliphatic heterocycles. The summed E-state index contributed by atoms with van der Waals surface area (Å²) in [4.78, 5) is 0. The fourth-order valence-electron chi connectivity index (χ4n) is 3.39. The van der Waals surface area contributed by atoms with Gasteiger partial charge in [0.2, 0.25) is 5.88 Å². The second-order valence-corrected chi connectivity index (χ2v) is 7.61. The summed E-state index contributed by atoms with van der Waals surface area (Å²) in [5, 5.41) is 19.4. The minimum atomic E-state index is -0.451. The van der Waals surface area contributed by atoms with Gasteiger partial charge < -0.3 is 20.3 Å².